The first-order valence-electron chi connectivity index (χ1n) is 8.44. The normalized spacial score (nSPS) is 14.5. The molecule has 1 aliphatic heterocycles. The smallest absolute Gasteiger partial charge is 0.272 e. The number of aromatic nitrogens is 2. The maximum Gasteiger partial charge on any atom is 0.272 e. The molecule has 0 unspecified atom stereocenters. The van der Waals surface area contributed by atoms with Crippen LogP contribution in [-0.2, 0) is 0 Å². The van der Waals surface area contributed by atoms with Crippen LogP contribution in [0.25, 0.3) is 0 Å². The summed E-state index contributed by atoms with van der Waals surface area (Å²) >= 11 is 0. The molecule has 0 atom stereocenters. The summed E-state index contributed by atoms with van der Waals surface area (Å²) in [6, 6.07) is 12.0. The summed E-state index contributed by atoms with van der Waals surface area (Å²) in [4.78, 5) is 25.3. The lowest BCUT2D eigenvalue weighted by atomic mass is 10.2. The van der Waals surface area contributed by atoms with Crippen LogP contribution in [0.5, 0.6) is 0 Å². The Morgan fingerprint density at radius 3 is 2.58 bits per heavy atom. The maximum absolute atomic E-state index is 12.7. The monoisotopic (exact) mass is 325 g/mol. The van der Waals surface area contributed by atoms with Crippen molar-refractivity contribution < 1.29 is 4.79 Å². The fourth-order valence-electron chi connectivity index (χ4n) is 2.77. The maximum atomic E-state index is 12.7. The second-order valence-electron chi connectivity index (χ2n) is 5.81. The Morgan fingerprint density at radius 2 is 1.88 bits per heavy atom. The predicted molar refractivity (Wildman–Crippen MR) is 95.4 cm³/mol. The number of carbonyl (C=O) groups is 1. The van der Waals surface area contributed by atoms with Crippen LogP contribution >= 0.6 is 0 Å². The minimum Gasteiger partial charge on any atom is -0.368 e. The highest BCUT2D eigenvalue weighted by molar-refractivity contribution is 5.92. The van der Waals surface area contributed by atoms with Crippen molar-refractivity contribution in [1.82, 2.24) is 14.9 Å². The van der Waals surface area contributed by atoms with Crippen LogP contribution in [0.4, 0.5) is 11.6 Å². The van der Waals surface area contributed by atoms with Crippen LogP contribution < -0.4 is 10.2 Å². The van der Waals surface area contributed by atoms with Crippen molar-refractivity contribution in [3.63, 3.8) is 0 Å². The van der Waals surface area contributed by atoms with E-state index in [1.807, 2.05) is 23.1 Å². The Hall–Kier alpha value is -2.63. The zero-order valence-corrected chi connectivity index (χ0v) is 14.0. The molecule has 2 heterocycles. The average Bonchev–Trinajstić information content (AvgIpc) is 2.67. The predicted octanol–water partition coefficient (Wildman–Crippen LogP) is 2.26. The molecule has 0 saturated carbocycles. The number of rotatable bonds is 5. The highest BCUT2D eigenvalue weighted by atomic mass is 16.2. The zero-order valence-electron chi connectivity index (χ0n) is 14.0. The number of amides is 1. The number of nitrogens with one attached hydrogen (secondary N) is 1. The van der Waals surface area contributed by atoms with E-state index in [-0.39, 0.29) is 5.91 Å². The molecule has 0 spiro atoms. The molecule has 6 nitrogen and oxygen atoms in total. The number of nitrogens with zero attached hydrogens (tertiary/aromatic N) is 4. The molecule has 6 heteroatoms. The number of hydrogen-bond acceptors (Lipinski definition) is 5. The van der Waals surface area contributed by atoms with Gasteiger partial charge in [-0.25, -0.2) is 9.97 Å². The van der Waals surface area contributed by atoms with Crippen molar-refractivity contribution in [2.24, 2.45) is 0 Å². The van der Waals surface area contributed by atoms with Gasteiger partial charge in [0, 0.05) is 44.6 Å². The lowest BCUT2D eigenvalue weighted by molar-refractivity contribution is 0.0741. The fourth-order valence-corrected chi connectivity index (χ4v) is 2.77. The van der Waals surface area contributed by atoms with E-state index in [4.69, 9.17) is 0 Å². The third kappa shape index (κ3) is 3.82. The highest BCUT2D eigenvalue weighted by Gasteiger charge is 2.23. The summed E-state index contributed by atoms with van der Waals surface area (Å²) in [6.07, 6.45) is 2.63. The largest absolute Gasteiger partial charge is 0.368 e. The van der Waals surface area contributed by atoms with Crippen LogP contribution in [-0.4, -0.2) is 53.5 Å². The summed E-state index contributed by atoms with van der Waals surface area (Å²) in [5.74, 6) is 0.496. The van der Waals surface area contributed by atoms with Gasteiger partial charge in [0.1, 0.15) is 5.69 Å². The molecule has 24 heavy (non-hydrogen) atoms. The van der Waals surface area contributed by atoms with E-state index in [0.717, 1.165) is 26.1 Å². The van der Waals surface area contributed by atoms with Gasteiger partial charge in [0.15, 0.2) is 0 Å². The van der Waals surface area contributed by atoms with Crippen LogP contribution in [0, 0.1) is 0 Å². The molecule has 1 amide bonds. The van der Waals surface area contributed by atoms with E-state index in [2.05, 4.69) is 39.2 Å². The first-order chi connectivity index (χ1) is 11.8. The Kier molecular flexibility index (Phi) is 5.25. The van der Waals surface area contributed by atoms with E-state index in [1.165, 1.54) is 5.69 Å². The SMILES string of the molecule is CCCNc1nccc(C(=O)N2CCN(c3ccccc3)CC2)n1. The quantitative estimate of drug-likeness (QED) is 0.914. The zero-order chi connectivity index (χ0) is 16.8. The molecule has 0 radical (unpaired) electrons. The summed E-state index contributed by atoms with van der Waals surface area (Å²) in [5.41, 5.74) is 1.66. The van der Waals surface area contributed by atoms with E-state index in [9.17, 15) is 4.79 Å². The Morgan fingerprint density at radius 1 is 1.12 bits per heavy atom. The minimum atomic E-state index is -0.0235. The van der Waals surface area contributed by atoms with Crippen molar-refractivity contribution >= 4 is 17.5 Å². The number of benzene rings is 1. The van der Waals surface area contributed by atoms with Gasteiger partial charge in [0.05, 0.1) is 0 Å². The fraction of sp³-hybridized carbons (Fsp3) is 0.389. The van der Waals surface area contributed by atoms with Crippen LogP contribution in [0.1, 0.15) is 23.8 Å². The van der Waals surface area contributed by atoms with E-state index < -0.39 is 0 Å². The van der Waals surface area contributed by atoms with Crippen LogP contribution in [0.3, 0.4) is 0 Å². The summed E-state index contributed by atoms with van der Waals surface area (Å²) in [7, 11) is 0. The number of piperazine rings is 1. The number of anilines is 2. The van der Waals surface area contributed by atoms with E-state index in [1.54, 1.807) is 12.3 Å². The number of carbonyl (C=O) groups excluding carboxylic acids is 1. The second kappa shape index (κ2) is 7.77. The summed E-state index contributed by atoms with van der Waals surface area (Å²) < 4.78 is 0. The van der Waals surface area contributed by atoms with Crippen molar-refractivity contribution in [3.05, 3.63) is 48.3 Å². The highest BCUT2D eigenvalue weighted by Crippen LogP contribution is 2.16. The Bertz CT molecular complexity index is 668. The molecular formula is C18H23N5O. The molecule has 0 bridgehead atoms. The van der Waals surface area contributed by atoms with E-state index >= 15 is 0 Å². The molecule has 1 aromatic heterocycles. The Labute approximate surface area is 142 Å². The van der Waals surface area contributed by atoms with Crippen molar-refractivity contribution in [1.29, 1.82) is 0 Å². The van der Waals surface area contributed by atoms with Gasteiger partial charge in [-0.05, 0) is 24.6 Å². The molecule has 1 aromatic carbocycles. The van der Waals surface area contributed by atoms with Gasteiger partial charge in [-0.3, -0.25) is 4.79 Å². The third-order valence-corrected chi connectivity index (χ3v) is 4.10. The molecule has 3 rings (SSSR count). The molecule has 2 aromatic rings. The van der Waals surface area contributed by atoms with Crippen LogP contribution in [0.2, 0.25) is 0 Å². The standard InChI is InChI=1S/C18H23N5O/c1-2-9-19-18-20-10-8-16(21-18)17(24)23-13-11-22(12-14-23)15-6-4-3-5-7-15/h3-8,10H,2,9,11-14H2,1H3,(H,19,20,21). The Balaban J connectivity index is 1.61. The van der Waals surface area contributed by atoms with Gasteiger partial charge in [-0.2, -0.15) is 0 Å². The van der Waals surface area contributed by atoms with E-state index in [0.29, 0.717) is 24.7 Å². The molecule has 0 aliphatic carbocycles. The molecule has 1 N–H and O–H groups in total. The van der Waals surface area contributed by atoms with Gasteiger partial charge >= 0.3 is 0 Å². The van der Waals surface area contributed by atoms with Gasteiger partial charge in [0.25, 0.3) is 5.91 Å². The topological polar surface area (TPSA) is 61.4 Å². The molecule has 1 fully saturated rings. The van der Waals surface area contributed by atoms with Gasteiger partial charge < -0.3 is 15.1 Å². The van der Waals surface area contributed by atoms with Crippen molar-refractivity contribution in [2.45, 2.75) is 13.3 Å². The first kappa shape index (κ1) is 16.2. The summed E-state index contributed by atoms with van der Waals surface area (Å²) in [6.45, 7) is 5.95. The number of para-hydroxylation sites is 1. The molecule has 1 aliphatic rings. The van der Waals surface area contributed by atoms with Gasteiger partial charge in [-0.15, -0.1) is 0 Å². The lowest BCUT2D eigenvalue weighted by Gasteiger charge is -2.36. The minimum absolute atomic E-state index is 0.0235. The second-order valence-corrected chi connectivity index (χ2v) is 5.81. The van der Waals surface area contributed by atoms with Gasteiger partial charge in [-0.1, -0.05) is 25.1 Å². The lowest BCUT2D eigenvalue weighted by Crippen LogP contribution is -2.49. The third-order valence-electron chi connectivity index (χ3n) is 4.10. The van der Waals surface area contributed by atoms with Crippen LogP contribution in [0.15, 0.2) is 42.6 Å². The van der Waals surface area contributed by atoms with Gasteiger partial charge in [0.2, 0.25) is 5.95 Å². The average molecular weight is 325 g/mol. The molecule has 1 saturated heterocycles. The number of hydrogen-bond donors (Lipinski definition) is 1. The summed E-state index contributed by atoms with van der Waals surface area (Å²) in [5, 5.41) is 3.12. The molecular weight excluding hydrogens is 302 g/mol. The van der Waals surface area contributed by atoms with Crippen molar-refractivity contribution in [2.75, 3.05) is 42.9 Å². The molecule has 126 valence electrons. The first-order valence-corrected chi connectivity index (χ1v) is 8.44. The van der Waals surface area contributed by atoms with Crippen molar-refractivity contribution in [3.8, 4) is 0 Å².